The van der Waals surface area contributed by atoms with E-state index in [9.17, 15) is 8.78 Å². The second kappa shape index (κ2) is 7.11. The van der Waals surface area contributed by atoms with Crippen LogP contribution in [0.2, 0.25) is 0 Å². The number of fused-ring (bicyclic) bond motifs is 1. The molecule has 2 heterocycles. The van der Waals surface area contributed by atoms with E-state index in [4.69, 9.17) is 4.74 Å². The molecule has 0 amide bonds. The predicted molar refractivity (Wildman–Crippen MR) is 105 cm³/mol. The second-order valence-electron chi connectivity index (χ2n) is 7.12. The molecule has 3 aromatic rings. The first-order valence-corrected chi connectivity index (χ1v) is 10.1. The molecular weight excluding hydrogens is 368 g/mol. The Morgan fingerprint density at radius 1 is 1.15 bits per heavy atom. The fourth-order valence-corrected chi connectivity index (χ4v) is 4.76. The van der Waals surface area contributed by atoms with Gasteiger partial charge in [0.1, 0.15) is 28.9 Å². The van der Waals surface area contributed by atoms with E-state index < -0.39 is 11.6 Å². The van der Waals surface area contributed by atoms with E-state index in [0.717, 1.165) is 28.4 Å². The van der Waals surface area contributed by atoms with Crippen molar-refractivity contribution in [1.29, 1.82) is 0 Å². The first-order valence-electron chi connectivity index (χ1n) is 9.28. The number of thiazole rings is 1. The number of anilines is 1. The number of aromatic nitrogens is 2. The molecule has 7 heteroatoms. The molecule has 1 N–H and O–H groups in total. The maximum atomic E-state index is 14.8. The van der Waals surface area contributed by atoms with Crippen LogP contribution in [0.3, 0.4) is 0 Å². The smallest absolute Gasteiger partial charge is 0.196 e. The van der Waals surface area contributed by atoms with Crippen LogP contribution in [0.15, 0.2) is 12.1 Å². The van der Waals surface area contributed by atoms with Crippen molar-refractivity contribution in [3.8, 4) is 17.0 Å². The maximum absolute atomic E-state index is 14.8. The SMILES string of the molecule is COc1cc(F)c(-c2nc3sc(C)c(C)n3c2NC2CCCCC2)c(F)c1. The Bertz CT molecular complexity index is 966. The first-order chi connectivity index (χ1) is 13.0. The Hall–Kier alpha value is -2.15. The van der Waals surface area contributed by atoms with Crippen molar-refractivity contribution in [2.45, 2.75) is 52.0 Å². The average Bonchev–Trinajstić information content (AvgIpc) is 3.12. The van der Waals surface area contributed by atoms with Crippen molar-refractivity contribution < 1.29 is 13.5 Å². The van der Waals surface area contributed by atoms with Crippen LogP contribution >= 0.6 is 11.3 Å². The molecule has 1 saturated carbocycles. The summed E-state index contributed by atoms with van der Waals surface area (Å²) in [6.45, 7) is 4.05. The molecule has 144 valence electrons. The molecule has 1 aliphatic rings. The standard InChI is InChI=1S/C20H23F2N3OS/c1-11-12(2)27-20-24-18(17-15(21)9-14(26-3)10-16(17)22)19(25(11)20)23-13-7-5-4-6-8-13/h9-10,13,23H,4-8H2,1-3H3. The molecular formula is C20H23F2N3OS. The third kappa shape index (κ3) is 3.18. The van der Waals surface area contributed by atoms with Crippen LogP contribution < -0.4 is 10.1 Å². The van der Waals surface area contributed by atoms with E-state index in [-0.39, 0.29) is 11.3 Å². The Morgan fingerprint density at radius 3 is 2.44 bits per heavy atom. The monoisotopic (exact) mass is 391 g/mol. The van der Waals surface area contributed by atoms with Crippen LogP contribution in [0.5, 0.6) is 5.75 Å². The molecule has 0 aliphatic heterocycles. The summed E-state index contributed by atoms with van der Waals surface area (Å²) < 4.78 is 36.5. The van der Waals surface area contributed by atoms with Gasteiger partial charge in [0.2, 0.25) is 0 Å². The number of nitrogens with one attached hydrogen (secondary N) is 1. The number of ether oxygens (including phenoxy) is 1. The van der Waals surface area contributed by atoms with Crippen LogP contribution in [-0.4, -0.2) is 22.5 Å². The number of halogens is 2. The van der Waals surface area contributed by atoms with Gasteiger partial charge in [0, 0.05) is 28.7 Å². The minimum Gasteiger partial charge on any atom is -0.497 e. The molecule has 4 rings (SSSR count). The molecule has 0 unspecified atom stereocenters. The molecule has 0 radical (unpaired) electrons. The zero-order chi connectivity index (χ0) is 19.1. The summed E-state index contributed by atoms with van der Waals surface area (Å²) >= 11 is 1.53. The Kier molecular flexibility index (Phi) is 4.80. The van der Waals surface area contributed by atoms with Gasteiger partial charge in [0.25, 0.3) is 0 Å². The fourth-order valence-electron chi connectivity index (χ4n) is 3.79. The number of hydrogen-bond donors (Lipinski definition) is 1. The summed E-state index contributed by atoms with van der Waals surface area (Å²) in [5.74, 6) is -0.498. The van der Waals surface area contributed by atoms with E-state index in [0.29, 0.717) is 17.6 Å². The van der Waals surface area contributed by atoms with E-state index in [1.807, 2.05) is 18.2 Å². The molecule has 1 aliphatic carbocycles. The lowest BCUT2D eigenvalue weighted by Crippen LogP contribution is -2.23. The quantitative estimate of drug-likeness (QED) is 0.619. The molecule has 1 fully saturated rings. The Balaban J connectivity index is 1.89. The van der Waals surface area contributed by atoms with Gasteiger partial charge in [0.15, 0.2) is 4.96 Å². The molecule has 0 saturated heterocycles. The summed E-state index contributed by atoms with van der Waals surface area (Å²) in [6, 6.07) is 2.70. The summed E-state index contributed by atoms with van der Waals surface area (Å²) in [6.07, 6.45) is 5.69. The van der Waals surface area contributed by atoms with Crippen LogP contribution in [0, 0.1) is 25.5 Å². The third-order valence-corrected chi connectivity index (χ3v) is 6.43. The highest BCUT2D eigenvalue weighted by atomic mass is 32.1. The van der Waals surface area contributed by atoms with Crippen LogP contribution in [0.1, 0.15) is 42.7 Å². The maximum Gasteiger partial charge on any atom is 0.196 e. The third-order valence-electron chi connectivity index (χ3n) is 5.37. The number of rotatable bonds is 4. The zero-order valence-electron chi connectivity index (χ0n) is 15.7. The van der Waals surface area contributed by atoms with Crippen LogP contribution in [0.25, 0.3) is 16.2 Å². The summed E-state index contributed by atoms with van der Waals surface area (Å²) in [5, 5.41) is 3.55. The largest absolute Gasteiger partial charge is 0.497 e. The van der Waals surface area contributed by atoms with Crippen LogP contribution in [0.4, 0.5) is 14.6 Å². The molecule has 0 bridgehead atoms. The van der Waals surface area contributed by atoms with Crippen molar-refractivity contribution >= 4 is 22.1 Å². The number of benzene rings is 1. The van der Waals surface area contributed by atoms with Gasteiger partial charge in [0.05, 0.1) is 12.7 Å². The fraction of sp³-hybridized carbons (Fsp3) is 0.450. The lowest BCUT2D eigenvalue weighted by molar-refractivity contribution is 0.407. The highest BCUT2D eigenvalue weighted by Gasteiger charge is 2.26. The number of nitrogens with zero attached hydrogens (tertiary/aromatic N) is 2. The minimum absolute atomic E-state index is 0.109. The molecule has 27 heavy (non-hydrogen) atoms. The Morgan fingerprint density at radius 2 is 1.81 bits per heavy atom. The average molecular weight is 391 g/mol. The van der Waals surface area contributed by atoms with Gasteiger partial charge >= 0.3 is 0 Å². The van der Waals surface area contributed by atoms with Crippen LogP contribution in [-0.2, 0) is 0 Å². The van der Waals surface area contributed by atoms with Gasteiger partial charge in [-0.3, -0.25) is 4.40 Å². The van der Waals surface area contributed by atoms with Crippen molar-refractivity contribution in [3.05, 3.63) is 34.3 Å². The number of imidazole rings is 1. The topological polar surface area (TPSA) is 38.6 Å². The summed E-state index contributed by atoms with van der Waals surface area (Å²) in [5.41, 5.74) is 1.26. The van der Waals surface area contributed by atoms with Crippen molar-refractivity contribution in [1.82, 2.24) is 9.38 Å². The van der Waals surface area contributed by atoms with Gasteiger partial charge in [-0.1, -0.05) is 19.3 Å². The highest BCUT2D eigenvalue weighted by molar-refractivity contribution is 7.17. The van der Waals surface area contributed by atoms with E-state index in [2.05, 4.69) is 10.3 Å². The molecule has 0 atom stereocenters. The molecule has 0 spiro atoms. The van der Waals surface area contributed by atoms with Gasteiger partial charge in [-0.2, -0.15) is 0 Å². The van der Waals surface area contributed by atoms with E-state index in [1.165, 1.54) is 49.8 Å². The normalized spacial score (nSPS) is 15.4. The highest BCUT2D eigenvalue weighted by Crippen LogP contribution is 2.38. The second-order valence-corrected chi connectivity index (χ2v) is 8.30. The van der Waals surface area contributed by atoms with Crippen molar-refractivity contribution in [2.24, 2.45) is 0 Å². The number of methoxy groups -OCH3 is 1. The molecule has 2 aromatic heterocycles. The van der Waals surface area contributed by atoms with Crippen molar-refractivity contribution in [2.75, 3.05) is 12.4 Å². The molecule has 4 nitrogen and oxygen atoms in total. The summed E-state index contributed by atoms with van der Waals surface area (Å²) in [4.78, 5) is 6.49. The number of hydrogen-bond acceptors (Lipinski definition) is 4. The minimum atomic E-state index is -0.668. The van der Waals surface area contributed by atoms with Crippen molar-refractivity contribution in [3.63, 3.8) is 0 Å². The molecule has 1 aromatic carbocycles. The van der Waals surface area contributed by atoms with E-state index in [1.54, 1.807) is 0 Å². The first kappa shape index (κ1) is 18.2. The Labute approximate surface area is 161 Å². The lowest BCUT2D eigenvalue weighted by Gasteiger charge is -2.24. The van der Waals surface area contributed by atoms with E-state index >= 15 is 0 Å². The van der Waals surface area contributed by atoms with Gasteiger partial charge in [-0.15, -0.1) is 11.3 Å². The van der Waals surface area contributed by atoms with Gasteiger partial charge in [-0.25, -0.2) is 13.8 Å². The number of aryl methyl sites for hydroxylation is 2. The van der Waals surface area contributed by atoms with Gasteiger partial charge in [-0.05, 0) is 26.7 Å². The van der Waals surface area contributed by atoms with Gasteiger partial charge < -0.3 is 10.1 Å². The summed E-state index contributed by atoms with van der Waals surface area (Å²) in [7, 11) is 1.39. The lowest BCUT2D eigenvalue weighted by atomic mass is 9.95. The predicted octanol–water partition coefficient (Wildman–Crippen LogP) is 5.71. The zero-order valence-corrected chi connectivity index (χ0v) is 16.6.